The summed E-state index contributed by atoms with van der Waals surface area (Å²) in [5, 5.41) is 15.8. The number of thiophene rings is 1. The Morgan fingerprint density at radius 1 is 1.18 bits per heavy atom. The summed E-state index contributed by atoms with van der Waals surface area (Å²) in [4.78, 5) is 19.6. The summed E-state index contributed by atoms with van der Waals surface area (Å²) in [7, 11) is 1.64. The highest BCUT2D eigenvalue weighted by Crippen LogP contribution is 2.33. The van der Waals surface area contributed by atoms with Crippen molar-refractivity contribution in [1.29, 1.82) is 0 Å². The van der Waals surface area contributed by atoms with Gasteiger partial charge in [0.2, 0.25) is 0 Å². The SMILES string of the molecule is COc1ccc2[nH]c(=O)c(CN(Cc3cccs3)C(c3nnnn3C(C)(C)C)C(C)C)cc2c1. The van der Waals surface area contributed by atoms with Crippen LogP contribution in [0.3, 0.4) is 0 Å². The molecular formula is C25H32N6O2S. The molecule has 1 N–H and O–H groups in total. The quantitative estimate of drug-likeness (QED) is 0.392. The van der Waals surface area contributed by atoms with Crippen LogP contribution in [0.2, 0.25) is 0 Å². The number of tetrazole rings is 1. The van der Waals surface area contributed by atoms with Crippen molar-refractivity contribution < 1.29 is 4.74 Å². The maximum Gasteiger partial charge on any atom is 0.252 e. The van der Waals surface area contributed by atoms with E-state index in [4.69, 9.17) is 4.74 Å². The fraction of sp³-hybridized carbons (Fsp3) is 0.440. The molecule has 0 spiro atoms. The second-order valence-corrected chi connectivity index (χ2v) is 10.9. The van der Waals surface area contributed by atoms with Gasteiger partial charge in [-0.05, 0) is 72.8 Å². The number of benzene rings is 1. The zero-order valence-corrected chi connectivity index (χ0v) is 21.4. The highest BCUT2D eigenvalue weighted by atomic mass is 32.1. The Balaban J connectivity index is 1.79. The third kappa shape index (κ3) is 5.05. The number of rotatable bonds is 8. The summed E-state index contributed by atoms with van der Waals surface area (Å²) in [6.07, 6.45) is 0. The first-order chi connectivity index (χ1) is 16.2. The third-order valence-corrected chi connectivity index (χ3v) is 6.72. The van der Waals surface area contributed by atoms with Gasteiger partial charge in [0.1, 0.15) is 5.75 Å². The summed E-state index contributed by atoms with van der Waals surface area (Å²) in [6, 6.07) is 11.7. The number of aromatic amines is 1. The Bertz CT molecular complexity index is 1300. The Kier molecular flexibility index (Phi) is 6.86. The molecule has 0 saturated carbocycles. The topological polar surface area (TPSA) is 88.9 Å². The van der Waals surface area contributed by atoms with Gasteiger partial charge in [-0.3, -0.25) is 9.69 Å². The number of pyridine rings is 1. The minimum absolute atomic E-state index is 0.0864. The second kappa shape index (κ2) is 9.68. The Morgan fingerprint density at radius 3 is 2.62 bits per heavy atom. The number of nitrogens with one attached hydrogen (secondary N) is 1. The van der Waals surface area contributed by atoms with Crippen LogP contribution in [0, 0.1) is 5.92 Å². The van der Waals surface area contributed by atoms with Crippen LogP contribution in [-0.4, -0.2) is 37.2 Å². The number of ether oxygens (including phenoxy) is 1. The van der Waals surface area contributed by atoms with Gasteiger partial charge in [-0.1, -0.05) is 19.9 Å². The average Bonchev–Trinajstić information content (AvgIpc) is 3.46. The van der Waals surface area contributed by atoms with E-state index in [2.05, 4.69) is 77.5 Å². The van der Waals surface area contributed by atoms with Crippen molar-refractivity contribution in [3.05, 3.63) is 68.4 Å². The molecule has 8 nitrogen and oxygen atoms in total. The summed E-state index contributed by atoms with van der Waals surface area (Å²) in [6.45, 7) is 11.8. The fourth-order valence-electron chi connectivity index (χ4n) is 4.29. The molecule has 0 saturated heterocycles. The van der Waals surface area contributed by atoms with Crippen molar-refractivity contribution in [3.8, 4) is 5.75 Å². The number of hydrogen-bond donors (Lipinski definition) is 1. The zero-order valence-electron chi connectivity index (χ0n) is 20.6. The van der Waals surface area contributed by atoms with E-state index < -0.39 is 0 Å². The lowest BCUT2D eigenvalue weighted by Crippen LogP contribution is -2.37. The molecule has 3 heterocycles. The van der Waals surface area contributed by atoms with Crippen LogP contribution < -0.4 is 10.3 Å². The van der Waals surface area contributed by atoms with Crippen molar-refractivity contribution in [1.82, 2.24) is 30.1 Å². The molecular weight excluding hydrogens is 448 g/mol. The van der Waals surface area contributed by atoms with E-state index in [-0.39, 0.29) is 23.1 Å². The first-order valence-electron chi connectivity index (χ1n) is 11.4. The van der Waals surface area contributed by atoms with Crippen molar-refractivity contribution in [2.45, 2.75) is 59.3 Å². The molecule has 4 rings (SSSR count). The Morgan fingerprint density at radius 2 is 1.97 bits per heavy atom. The average molecular weight is 481 g/mol. The lowest BCUT2D eigenvalue weighted by atomic mass is 9.99. The summed E-state index contributed by atoms with van der Waals surface area (Å²) >= 11 is 1.71. The molecule has 0 fully saturated rings. The second-order valence-electron chi connectivity index (χ2n) is 9.87. The molecule has 3 aromatic heterocycles. The number of aromatic nitrogens is 5. The molecule has 0 aliphatic carbocycles. The van der Waals surface area contributed by atoms with Gasteiger partial charge in [-0.2, -0.15) is 0 Å². The van der Waals surface area contributed by atoms with Gasteiger partial charge in [0.05, 0.1) is 18.7 Å². The third-order valence-electron chi connectivity index (χ3n) is 5.86. The van der Waals surface area contributed by atoms with Gasteiger partial charge in [-0.15, -0.1) is 16.4 Å². The largest absolute Gasteiger partial charge is 0.497 e. The number of fused-ring (bicyclic) bond motifs is 1. The molecule has 0 aliphatic rings. The standard InChI is InChI=1S/C25H32N6O2S/c1-16(2)22(23-27-28-29-31(23)25(3,4)5)30(15-20-8-7-11-34-20)14-18-12-17-13-19(33-6)9-10-21(17)26-24(18)32/h7-13,16,22H,14-15H2,1-6H3,(H,26,32). The summed E-state index contributed by atoms with van der Waals surface area (Å²) in [5.41, 5.74) is 1.12. The molecule has 1 aromatic carbocycles. The maximum absolute atomic E-state index is 13.1. The maximum atomic E-state index is 13.1. The van der Waals surface area contributed by atoms with E-state index in [0.717, 1.165) is 22.5 Å². The van der Waals surface area contributed by atoms with Crippen molar-refractivity contribution in [2.24, 2.45) is 5.92 Å². The summed E-state index contributed by atoms with van der Waals surface area (Å²) in [5.74, 6) is 1.77. The van der Waals surface area contributed by atoms with Gasteiger partial charge in [-0.25, -0.2) is 4.68 Å². The van der Waals surface area contributed by atoms with Crippen molar-refractivity contribution >= 4 is 22.2 Å². The minimum Gasteiger partial charge on any atom is -0.497 e. The van der Waals surface area contributed by atoms with E-state index in [9.17, 15) is 4.79 Å². The molecule has 0 aliphatic heterocycles. The van der Waals surface area contributed by atoms with Crippen LogP contribution in [0.4, 0.5) is 0 Å². The monoisotopic (exact) mass is 480 g/mol. The highest BCUT2D eigenvalue weighted by Gasteiger charge is 2.33. The lowest BCUT2D eigenvalue weighted by molar-refractivity contribution is 0.121. The molecule has 9 heteroatoms. The minimum atomic E-state index is -0.266. The molecule has 0 radical (unpaired) electrons. The van der Waals surface area contributed by atoms with Crippen LogP contribution in [0.25, 0.3) is 10.9 Å². The summed E-state index contributed by atoms with van der Waals surface area (Å²) < 4.78 is 7.28. The van der Waals surface area contributed by atoms with Crippen molar-refractivity contribution in [3.63, 3.8) is 0 Å². The van der Waals surface area contributed by atoms with E-state index in [0.29, 0.717) is 18.7 Å². The van der Waals surface area contributed by atoms with Crippen LogP contribution in [-0.2, 0) is 18.6 Å². The van der Waals surface area contributed by atoms with Gasteiger partial charge in [0.15, 0.2) is 5.82 Å². The van der Waals surface area contributed by atoms with Crippen molar-refractivity contribution in [2.75, 3.05) is 7.11 Å². The van der Waals surface area contributed by atoms with E-state index >= 15 is 0 Å². The normalized spacial score (nSPS) is 13.2. The number of H-pyrrole nitrogens is 1. The molecule has 1 unspecified atom stereocenters. The molecule has 34 heavy (non-hydrogen) atoms. The van der Waals surface area contributed by atoms with Gasteiger partial charge in [0.25, 0.3) is 5.56 Å². The number of methoxy groups -OCH3 is 1. The smallest absolute Gasteiger partial charge is 0.252 e. The Hall–Kier alpha value is -3.04. The van der Waals surface area contributed by atoms with E-state index in [1.54, 1.807) is 18.4 Å². The van der Waals surface area contributed by atoms with Crippen LogP contribution >= 0.6 is 11.3 Å². The number of nitrogens with zero attached hydrogens (tertiary/aromatic N) is 5. The number of hydrogen-bond acceptors (Lipinski definition) is 7. The fourth-order valence-corrected chi connectivity index (χ4v) is 5.02. The van der Waals surface area contributed by atoms with Crippen LogP contribution in [0.5, 0.6) is 5.75 Å². The molecule has 4 aromatic rings. The van der Waals surface area contributed by atoms with E-state index in [1.165, 1.54) is 4.88 Å². The van der Waals surface area contributed by atoms with Crippen LogP contribution in [0.1, 0.15) is 56.9 Å². The predicted octanol–water partition coefficient (Wildman–Crippen LogP) is 4.74. The molecule has 180 valence electrons. The first-order valence-corrected chi connectivity index (χ1v) is 12.3. The van der Waals surface area contributed by atoms with E-state index in [1.807, 2.05) is 28.9 Å². The van der Waals surface area contributed by atoms with Crippen LogP contribution in [0.15, 0.2) is 46.6 Å². The first kappa shape index (κ1) is 24.1. The van der Waals surface area contributed by atoms with Gasteiger partial charge in [0, 0.05) is 34.4 Å². The van der Waals surface area contributed by atoms with Gasteiger partial charge >= 0.3 is 0 Å². The van der Waals surface area contributed by atoms with Gasteiger partial charge < -0.3 is 9.72 Å². The zero-order chi connectivity index (χ0) is 24.5. The molecule has 0 amide bonds. The Labute approximate surface area is 203 Å². The lowest BCUT2D eigenvalue weighted by Gasteiger charge is -2.34. The predicted molar refractivity (Wildman–Crippen MR) is 135 cm³/mol. The molecule has 0 bridgehead atoms. The highest BCUT2D eigenvalue weighted by molar-refractivity contribution is 7.09. The molecule has 1 atom stereocenters.